The van der Waals surface area contributed by atoms with Gasteiger partial charge in [0.25, 0.3) is 0 Å². The molecule has 1 nitrogen and oxygen atoms in total. The average molecular weight is 379 g/mol. The number of rotatable bonds is 1. The molecule has 1 aromatic carbocycles. The van der Waals surface area contributed by atoms with Crippen LogP contribution in [0.2, 0.25) is 0 Å². The van der Waals surface area contributed by atoms with E-state index in [1.54, 1.807) is 0 Å². The highest BCUT2D eigenvalue weighted by atomic mass is 127. The van der Waals surface area contributed by atoms with E-state index in [1.165, 1.54) is 28.7 Å². The van der Waals surface area contributed by atoms with Crippen LogP contribution in [0.4, 0.5) is 13.2 Å². The Morgan fingerprint density at radius 1 is 1.36 bits per heavy atom. The van der Waals surface area contributed by atoms with Crippen LogP contribution in [0.3, 0.4) is 0 Å². The zero-order chi connectivity index (χ0) is 10.9. The summed E-state index contributed by atoms with van der Waals surface area (Å²) in [6.07, 6.45) is -4.42. The minimum Gasteiger partial charge on any atom is -0.282 e. The van der Waals surface area contributed by atoms with Gasteiger partial charge in [-0.1, -0.05) is 15.9 Å². The lowest BCUT2D eigenvalue weighted by Crippen LogP contribution is -2.06. The third-order valence-corrected chi connectivity index (χ3v) is 2.78. The molecule has 0 spiro atoms. The van der Waals surface area contributed by atoms with Gasteiger partial charge in [0.1, 0.15) is 0 Å². The molecule has 0 radical (unpaired) electrons. The lowest BCUT2D eigenvalue weighted by atomic mass is 10.1. The van der Waals surface area contributed by atoms with Crippen LogP contribution in [0.15, 0.2) is 22.7 Å². The molecule has 0 bridgehead atoms. The van der Waals surface area contributed by atoms with Gasteiger partial charge in [-0.2, -0.15) is 13.2 Å². The first kappa shape index (κ1) is 12.0. The van der Waals surface area contributed by atoms with Crippen molar-refractivity contribution in [2.24, 2.45) is 0 Å². The first-order valence-corrected chi connectivity index (χ1v) is 5.26. The molecule has 0 heterocycles. The molecular weight excluding hydrogens is 376 g/mol. The Morgan fingerprint density at radius 2 is 1.93 bits per heavy atom. The van der Waals surface area contributed by atoms with Crippen molar-refractivity contribution in [3.05, 3.63) is 33.8 Å². The van der Waals surface area contributed by atoms with Crippen LogP contribution in [0.5, 0.6) is 0 Å². The second kappa shape index (κ2) is 4.18. The molecule has 76 valence electrons. The maximum atomic E-state index is 12.2. The van der Waals surface area contributed by atoms with Gasteiger partial charge in [-0.15, -0.1) is 0 Å². The summed E-state index contributed by atoms with van der Waals surface area (Å²) in [5, 5.41) is 0. The quantitative estimate of drug-likeness (QED) is 0.532. The molecule has 0 atom stereocenters. The zero-order valence-corrected chi connectivity index (χ0v) is 10.3. The van der Waals surface area contributed by atoms with Crippen molar-refractivity contribution in [1.82, 2.24) is 0 Å². The molecule has 1 aromatic rings. The molecule has 0 aliphatic rings. The van der Waals surface area contributed by atoms with Gasteiger partial charge in [0.05, 0.1) is 5.56 Å². The largest absolute Gasteiger partial charge is 0.416 e. The Balaban J connectivity index is 3.27. The summed E-state index contributed by atoms with van der Waals surface area (Å²) in [5.41, 5.74) is -0.791. The monoisotopic (exact) mass is 378 g/mol. The number of halogens is 5. The van der Waals surface area contributed by atoms with Crippen LogP contribution in [0.25, 0.3) is 0 Å². The molecule has 0 amide bonds. The Bertz CT molecular complexity index is 375. The predicted molar refractivity (Wildman–Crippen MR) is 57.5 cm³/mol. The summed E-state index contributed by atoms with van der Waals surface area (Å²) in [4.78, 5) is 10.9. The van der Waals surface area contributed by atoms with Crippen molar-refractivity contribution >= 4 is 42.3 Å². The van der Waals surface area contributed by atoms with Gasteiger partial charge < -0.3 is 0 Å². The third kappa shape index (κ3) is 2.69. The van der Waals surface area contributed by atoms with E-state index in [9.17, 15) is 18.0 Å². The van der Waals surface area contributed by atoms with Gasteiger partial charge in [0, 0.05) is 32.6 Å². The number of hydrogen-bond acceptors (Lipinski definition) is 1. The number of benzene rings is 1. The highest BCUT2D eigenvalue weighted by Gasteiger charge is 2.31. The average Bonchev–Trinajstić information content (AvgIpc) is 2.02. The molecule has 0 aliphatic heterocycles. The van der Waals surface area contributed by atoms with Gasteiger partial charge in [-0.05, 0) is 18.2 Å². The van der Waals surface area contributed by atoms with Crippen LogP contribution in [-0.2, 0) is 6.18 Å². The maximum absolute atomic E-state index is 12.2. The van der Waals surface area contributed by atoms with E-state index < -0.39 is 15.5 Å². The molecular formula is C8H3BrF3IO. The van der Waals surface area contributed by atoms with Gasteiger partial charge in [0.2, 0.25) is 3.79 Å². The fourth-order valence-electron chi connectivity index (χ4n) is 0.852. The predicted octanol–water partition coefficient (Wildman–Crippen LogP) is 4.04. The molecule has 0 aliphatic carbocycles. The topological polar surface area (TPSA) is 17.1 Å². The summed E-state index contributed by atoms with van der Waals surface area (Å²) in [6.45, 7) is 0. The Labute approximate surface area is 99.9 Å². The normalized spacial score (nSPS) is 11.5. The third-order valence-electron chi connectivity index (χ3n) is 1.51. The summed E-state index contributed by atoms with van der Waals surface area (Å²) >= 11 is 4.45. The second-order valence-corrected chi connectivity index (χ2v) is 4.30. The van der Waals surface area contributed by atoms with Crippen molar-refractivity contribution in [1.29, 1.82) is 0 Å². The summed E-state index contributed by atoms with van der Waals surface area (Å²) in [6, 6.07) is 2.97. The number of hydrogen-bond donors (Lipinski definition) is 0. The standard InChI is InChI=1S/C8H3BrF3IO/c9-6-2-1-4(8(10,11)12)3-5(6)7(13)14/h1-3H. The van der Waals surface area contributed by atoms with E-state index in [-0.39, 0.29) is 5.56 Å². The van der Waals surface area contributed by atoms with Crippen LogP contribution < -0.4 is 0 Å². The molecule has 0 saturated heterocycles. The van der Waals surface area contributed by atoms with E-state index in [0.717, 1.165) is 12.1 Å². The SMILES string of the molecule is O=C(I)c1cc(C(F)(F)F)ccc1Br. The highest BCUT2D eigenvalue weighted by Crippen LogP contribution is 2.32. The van der Waals surface area contributed by atoms with Gasteiger partial charge in [0.15, 0.2) is 0 Å². The molecule has 0 aromatic heterocycles. The molecule has 14 heavy (non-hydrogen) atoms. The van der Waals surface area contributed by atoms with Crippen molar-refractivity contribution < 1.29 is 18.0 Å². The fraction of sp³-hybridized carbons (Fsp3) is 0.125. The van der Waals surface area contributed by atoms with Crippen LogP contribution in [0, 0.1) is 0 Å². The Morgan fingerprint density at radius 3 is 2.36 bits per heavy atom. The Hall–Kier alpha value is -0.110. The first-order chi connectivity index (χ1) is 6.32. The molecule has 0 unspecified atom stereocenters. The van der Waals surface area contributed by atoms with Crippen LogP contribution in [-0.4, -0.2) is 3.79 Å². The van der Waals surface area contributed by atoms with E-state index >= 15 is 0 Å². The summed E-state index contributed by atoms with van der Waals surface area (Å²) < 4.78 is 36.6. The van der Waals surface area contributed by atoms with Gasteiger partial charge >= 0.3 is 6.18 Å². The minimum absolute atomic E-state index is 0.0282. The fourth-order valence-corrected chi connectivity index (χ4v) is 2.10. The van der Waals surface area contributed by atoms with E-state index in [2.05, 4.69) is 15.9 Å². The minimum atomic E-state index is -4.42. The second-order valence-electron chi connectivity index (χ2n) is 2.47. The van der Waals surface area contributed by atoms with Gasteiger partial charge in [-0.3, -0.25) is 4.79 Å². The number of carbonyl (C=O) groups excluding carboxylic acids is 1. The van der Waals surface area contributed by atoms with Crippen molar-refractivity contribution in [3.8, 4) is 0 Å². The summed E-state index contributed by atoms with van der Waals surface area (Å²) in [7, 11) is 0. The highest BCUT2D eigenvalue weighted by molar-refractivity contribution is 14.1. The zero-order valence-electron chi connectivity index (χ0n) is 6.53. The van der Waals surface area contributed by atoms with E-state index in [0.29, 0.717) is 4.47 Å². The summed E-state index contributed by atoms with van der Waals surface area (Å²) in [5.74, 6) is 0. The molecule has 0 saturated carbocycles. The molecule has 0 fully saturated rings. The molecule has 6 heteroatoms. The van der Waals surface area contributed by atoms with Crippen molar-refractivity contribution in [2.45, 2.75) is 6.18 Å². The smallest absolute Gasteiger partial charge is 0.282 e. The Kier molecular flexibility index (Phi) is 3.57. The number of carbonyl (C=O) groups is 1. The van der Waals surface area contributed by atoms with E-state index in [4.69, 9.17) is 0 Å². The lowest BCUT2D eigenvalue weighted by Gasteiger charge is -2.08. The first-order valence-electron chi connectivity index (χ1n) is 3.39. The maximum Gasteiger partial charge on any atom is 0.416 e. The van der Waals surface area contributed by atoms with Crippen LogP contribution in [0.1, 0.15) is 15.9 Å². The lowest BCUT2D eigenvalue weighted by molar-refractivity contribution is -0.137. The molecule has 0 N–H and O–H groups in total. The number of alkyl halides is 3. The van der Waals surface area contributed by atoms with E-state index in [1.807, 2.05) is 0 Å². The van der Waals surface area contributed by atoms with Gasteiger partial charge in [-0.25, -0.2) is 0 Å². The van der Waals surface area contributed by atoms with Crippen molar-refractivity contribution in [3.63, 3.8) is 0 Å². The van der Waals surface area contributed by atoms with Crippen LogP contribution >= 0.6 is 38.5 Å². The molecule has 1 rings (SSSR count). The van der Waals surface area contributed by atoms with Crippen molar-refractivity contribution in [2.75, 3.05) is 0 Å².